The number of hydrogen-bond acceptors (Lipinski definition) is 6. The van der Waals surface area contributed by atoms with Crippen molar-refractivity contribution in [2.75, 3.05) is 20.7 Å². The summed E-state index contributed by atoms with van der Waals surface area (Å²) in [5, 5.41) is 7.60. The van der Waals surface area contributed by atoms with Crippen LogP contribution in [0.15, 0.2) is 6.20 Å². The molecule has 0 aliphatic carbocycles. The number of nitrogens with two attached hydrogens (primary N) is 1. The number of aromatic nitrogens is 3. The quantitative estimate of drug-likeness (QED) is 0.647. The second-order valence-corrected chi connectivity index (χ2v) is 4.11. The molecule has 19 heavy (non-hydrogen) atoms. The van der Waals surface area contributed by atoms with Gasteiger partial charge in [-0.05, 0) is 6.42 Å². The molecule has 0 atom stereocenters. The molecule has 0 aromatic carbocycles. The van der Waals surface area contributed by atoms with Crippen LogP contribution in [0.25, 0.3) is 0 Å². The third kappa shape index (κ3) is 5.04. The van der Waals surface area contributed by atoms with Crippen molar-refractivity contribution in [1.82, 2.24) is 19.9 Å². The second kappa shape index (κ2) is 7.47. The lowest BCUT2D eigenvalue weighted by Gasteiger charge is -2.16. The molecule has 106 valence electrons. The number of esters is 1. The third-order valence-corrected chi connectivity index (χ3v) is 2.62. The normalized spacial score (nSPS) is 10.3. The van der Waals surface area contributed by atoms with Crippen LogP contribution in [0.4, 0.5) is 0 Å². The van der Waals surface area contributed by atoms with E-state index in [0.29, 0.717) is 31.6 Å². The van der Waals surface area contributed by atoms with Crippen LogP contribution in [0.5, 0.6) is 0 Å². The summed E-state index contributed by atoms with van der Waals surface area (Å²) in [7, 11) is 3.03. The largest absolute Gasteiger partial charge is 0.469 e. The first-order valence-corrected chi connectivity index (χ1v) is 5.96. The molecule has 0 radical (unpaired) electrons. The minimum atomic E-state index is -0.273. The minimum absolute atomic E-state index is 0.0988. The van der Waals surface area contributed by atoms with Crippen molar-refractivity contribution in [3.05, 3.63) is 11.9 Å². The Kier molecular flexibility index (Phi) is 5.94. The Morgan fingerprint density at radius 1 is 1.53 bits per heavy atom. The molecule has 0 spiro atoms. The Balaban J connectivity index is 2.34. The summed E-state index contributed by atoms with van der Waals surface area (Å²) in [4.78, 5) is 24.3. The van der Waals surface area contributed by atoms with Gasteiger partial charge in [-0.25, -0.2) is 4.68 Å². The fourth-order valence-corrected chi connectivity index (χ4v) is 1.46. The van der Waals surface area contributed by atoms with E-state index in [4.69, 9.17) is 5.73 Å². The van der Waals surface area contributed by atoms with Gasteiger partial charge in [-0.1, -0.05) is 5.21 Å². The monoisotopic (exact) mass is 269 g/mol. The van der Waals surface area contributed by atoms with Gasteiger partial charge in [0.1, 0.15) is 6.54 Å². The van der Waals surface area contributed by atoms with E-state index >= 15 is 0 Å². The van der Waals surface area contributed by atoms with Crippen LogP contribution in [-0.4, -0.2) is 52.5 Å². The van der Waals surface area contributed by atoms with E-state index in [-0.39, 0.29) is 18.4 Å². The summed E-state index contributed by atoms with van der Waals surface area (Å²) in [5.74, 6) is -0.372. The molecule has 0 aliphatic heterocycles. The van der Waals surface area contributed by atoms with Gasteiger partial charge in [0, 0.05) is 26.6 Å². The average Bonchev–Trinajstić information content (AvgIpc) is 2.85. The topological polar surface area (TPSA) is 103 Å². The van der Waals surface area contributed by atoms with Crippen LogP contribution in [0, 0.1) is 0 Å². The Morgan fingerprint density at radius 2 is 2.26 bits per heavy atom. The maximum Gasteiger partial charge on any atom is 0.305 e. The molecule has 8 nitrogen and oxygen atoms in total. The Morgan fingerprint density at radius 3 is 2.84 bits per heavy atom. The van der Waals surface area contributed by atoms with Gasteiger partial charge in [-0.2, -0.15) is 0 Å². The molecule has 2 N–H and O–H groups in total. The number of rotatable bonds is 7. The van der Waals surface area contributed by atoms with Crippen molar-refractivity contribution >= 4 is 11.9 Å². The smallest absolute Gasteiger partial charge is 0.305 e. The number of carbonyl (C=O) groups excluding carboxylic acids is 2. The first kappa shape index (κ1) is 15.1. The number of likely N-dealkylation sites (N-methyl/N-ethyl adjacent to an activating group) is 1. The lowest BCUT2D eigenvalue weighted by Crippen LogP contribution is -2.31. The first-order chi connectivity index (χ1) is 9.06. The van der Waals surface area contributed by atoms with Gasteiger partial charge in [-0.3, -0.25) is 9.59 Å². The molecular formula is C11H19N5O3. The van der Waals surface area contributed by atoms with E-state index in [1.54, 1.807) is 18.1 Å². The van der Waals surface area contributed by atoms with Crippen molar-refractivity contribution < 1.29 is 14.3 Å². The van der Waals surface area contributed by atoms with Gasteiger partial charge < -0.3 is 15.4 Å². The highest BCUT2D eigenvalue weighted by molar-refractivity contribution is 5.75. The third-order valence-electron chi connectivity index (χ3n) is 2.62. The maximum atomic E-state index is 11.8. The lowest BCUT2D eigenvalue weighted by atomic mass is 10.3. The molecule has 1 rings (SSSR count). The Bertz CT molecular complexity index is 432. The average molecular weight is 269 g/mol. The van der Waals surface area contributed by atoms with E-state index in [1.165, 1.54) is 11.8 Å². The second-order valence-electron chi connectivity index (χ2n) is 4.11. The number of carbonyl (C=O) groups is 2. The lowest BCUT2D eigenvalue weighted by molar-refractivity contribution is -0.141. The summed E-state index contributed by atoms with van der Waals surface area (Å²) in [6.07, 6.45) is 2.51. The van der Waals surface area contributed by atoms with Gasteiger partial charge in [0.25, 0.3) is 0 Å². The summed E-state index contributed by atoms with van der Waals surface area (Å²) in [6.45, 7) is 0.900. The molecule has 0 fully saturated rings. The van der Waals surface area contributed by atoms with Crippen LogP contribution in [0.2, 0.25) is 0 Å². The number of methoxy groups -OCH3 is 1. The molecule has 0 saturated heterocycles. The van der Waals surface area contributed by atoms with Gasteiger partial charge in [0.15, 0.2) is 0 Å². The predicted octanol–water partition coefficient (Wildman–Crippen LogP) is -0.852. The van der Waals surface area contributed by atoms with Crippen LogP contribution < -0.4 is 5.73 Å². The zero-order valence-electron chi connectivity index (χ0n) is 11.2. The van der Waals surface area contributed by atoms with Crippen molar-refractivity contribution in [1.29, 1.82) is 0 Å². The van der Waals surface area contributed by atoms with E-state index in [2.05, 4.69) is 15.0 Å². The molecule has 8 heteroatoms. The first-order valence-electron chi connectivity index (χ1n) is 5.96. The van der Waals surface area contributed by atoms with Crippen LogP contribution in [-0.2, 0) is 27.4 Å². The van der Waals surface area contributed by atoms with Crippen molar-refractivity contribution in [2.24, 2.45) is 5.73 Å². The fourth-order valence-electron chi connectivity index (χ4n) is 1.46. The summed E-state index contributed by atoms with van der Waals surface area (Å²) in [6, 6.07) is 0. The van der Waals surface area contributed by atoms with Crippen molar-refractivity contribution in [2.45, 2.75) is 25.9 Å². The van der Waals surface area contributed by atoms with Gasteiger partial charge in [0.05, 0.1) is 19.0 Å². The van der Waals surface area contributed by atoms with Gasteiger partial charge in [0.2, 0.25) is 5.91 Å². The Hall–Kier alpha value is -1.96. The van der Waals surface area contributed by atoms with Crippen LogP contribution in [0.3, 0.4) is 0 Å². The van der Waals surface area contributed by atoms with E-state index < -0.39 is 0 Å². The number of ether oxygens (including phenoxy) is 1. The highest BCUT2D eigenvalue weighted by Gasteiger charge is 2.11. The maximum absolute atomic E-state index is 11.8. The zero-order chi connectivity index (χ0) is 14.3. The molecule has 0 aliphatic rings. The van der Waals surface area contributed by atoms with Crippen LogP contribution in [0.1, 0.15) is 18.5 Å². The molecule has 1 heterocycles. The molecule has 0 unspecified atom stereocenters. The molecule has 1 aromatic heterocycles. The van der Waals surface area contributed by atoms with E-state index in [0.717, 1.165) is 0 Å². The highest BCUT2D eigenvalue weighted by Crippen LogP contribution is 1.98. The number of hydrogen-bond donors (Lipinski definition) is 1. The summed E-state index contributed by atoms with van der Waals surface area (Å²) < 4.78 is 5.97. The number of amides is 1. The fraction of sp³-hybridized carbons (Fsp3) is 0.636. The van der Waals surface area contributed by atoms with Gasteiger partial charge in [-0.15, -0.1) is 5.10 Å². The molecule has 1 amide bonds. The zero-order valence-corrected chi connectivity index (χ0v) is 11.2. The van der Waals surface area contributed by atoms with E-state index in [9.17, 15) is 9.59 Å². The molecule has 0 saturated carbocycles. The van der Waals surface area contributed by atoms with Gasteiger partial charge >= 0.3 is 5.97 Å². The standard InChI is InChI=1S/C11H19N5O3/c1-15(5-3-4-11(18)19-2)10(17)8-16-7-9(6-12)13-14-16/h7H,3-6,8,12H2,1-2H3. The van der Waals surface area contributed by atoms with Crippen LogP contribution >= 0.6 is 0 Å². The SMILES string of the molecule is COC(=O)CCCN(C)C(=O)Cn1cc(CN)nn1. The van der Waals surface area contributed by atoms with E-state index in [1.807, 2.05) is 0 Å². The molecule has 1 aromatic rings. The Labute approximate surface area is 111 Å². The van der Waals surface area contributed by atoms with Crippen molar-refractivity contribution in [3.8, 4) is 0 Å². The predicted molar refractivity (Wildman–Crippen MR) is 66.8 cm³/mol. The molecule has 0 bridgehead atoms. The summed E-state index contributed by atoms with van der Waals surface area (Å²) >= 11 is 0. The van der Waals surface area contributed by atoms with Crippen molar-refractivity contribution in [3.63, 3.8) is 0 Å². The summed E-state index contributed by atoms with van der Waals surface area (Å²) in [5.41, 5.74) is 6.05. The minimum Gasteiger partial charge on any atom is -0.469 e. The number of nitrogens with zero attached hydrogens (tertiary/aromatic N) is 4. The highest BCUT2D eigenvalue weighted by atomic mass is 16.5. The molecular weight excluding hydrogens is 250 g/mol.